The van der Waals surface area contributed by atoms with Crippen LogP contribution < -0.4 is 19.1 Å². The van der Waals surface area contributed by atoms with Crippen LogP contribution in [0, 0.1) is 0 Å². The Balaban J connectivity index is 2.00. The highest BCUT2D eigenvalue weighted by atomic mass is 32.2. The maximum Gasteiger partial charge on any atom is 0.264 e. The first-order valence-corrected chi connectivity index (χ1v) is 11.5. The third kappa shape index (κ3) is 5.03. The van der Waals surface area contributed by atoms with Gasteiger partial charge in [-0.2, -0.15) is 0 Å². The third-order valence-electron chi connectivity index (χ3n) is 4.95. The summed E-state index contributed by atoms with van der Waals surface area (Å²) in [6, 6.07) is 20.1. The van der Waals surface area contributed by atoms with Crippen molar-refractivity contribution in [2.75, 3.05) is 30.4 Å². The normalized spacial score (nSPS) is 11.0. The number of sulfonamides is 1. The van der Waals surface area contributed by atoms with E-state index in [1.54, 1.807) is 36.4 Å². The predicted octanol–water partition coefficient (Wildman–Crippen LogP) is 4.10. The summed E-state index contributed by atoms with van der Waals surface area (Å²) in [5.74, 6) is 0.352. The largest absolute Gasteiger partial charge is 0.493 e. The number of amides is 1. The van der Waals surface area contributed by atoms with Gasteiger partial charge in [0.2, 0.25) is 5.91 Å². The fraction of sp³-hybridized carbons (Fsp3) is 0.208. The van der Waals surface area contributed by atoms with Crippen LogP contribution in [0.5, 0.6) is 11.5 Å². The molecular weight excluding hydrogens is 428 g/mol. The van der Waals surface area contributed by atoms with E-state index in [0.29, 0.717) is 17.2 Å². The molecule has 0 saturated heterocycles. The van der Waals surface area contributed by atoms with Crippen molar-refractivity contribution >= 4 is 27.3 Å². The Hall–Kier alpha value is -3.52. The summed E-state index contributed by atoms with van der Waals surface area (Å²) in [7, 11) is -1.07. The van der Waals surface area contributed by atoms with Gasteiger partial charge >= 0.3 is 0 Å². The van der Waals surface area contributed by atoms with Crippen LogP contribution in [0.25, 0.3) is 0 Å². The van der Waals surface area contributed by atoms with Crippen LogP contribution >= 0.6 is 0 Å². The SMILES string of the molecule is CCc1ccccc1NC(=O)CN(c1ccc(OC)c(OC)c1)S(=O)(=O)c1ccccc1. The summed E-state index contributed by atoms with van der Waals surface area (Å²) < 4.78 is 38.6. The molecule has 0 aliphatic carbocycles. The number of hydrogen-bond acceptors (Lipinski definition) is 5. The molecule has 0 atom stereocenters. The molecule has 0 bridgehead atoms. The van der Waals surface area contributed by atoms with Gasteiger partial charge in [-0.3, -0.25) is 9.10 Å². The van der Waals surface area contributed by atoms with Crippen molar-refractivity contribution in [1.29, 1.82) is 0 Å². The predicted molar refractivity (Wildman–Crippen MR) is 125 cm³/mol. The number of carbonyl (C=O) groups excluding carboxylic acids is 1. The Kier molecular flexibility index (Phi) is 7.37. The smallest absolute Gasteiger partial charge is 0.264 e. The van der Waals surface area contributed by atoms with Crippen molar-refractivity contribution in [1.82, 2.24) is 0 Å². The molecule has 0 spiro atoms. The lowest BCUT2D eigenvalue weighted by Gasteiger charge is -2.25. The molecule has 1 amide bonds. The molecule has 0 aliphatic rings. The molecule has 0 aliphatic heterocycles. The molecule has 0 saturated carbocycles. The summed E-state index contributed by atoms with van der Waals surface area (Å²) in [6.45, 7) is 1.57. The summed E-state index contributed by atoms with van der Waals surface area (Å²) in [6.07, 6.45) is 0.734. The van der Waals surface area contributed by atoms with E-state index >= 15 is 0 Å². The van der Waals surface area contributed by atoms with Crippen LogP contribution in [0.2, 0.25) is 0 Å². The second-order valence-electron chi connectivity index (χ2n) is 6.92. The summed E-state index contributed by atoms with van der Waals surface area (Å²) in [4.78, 5) is 13.0. The number of rotatable bonds is 9. The molecule has 0 fully saturated rings. The lowest BCUT2D eigenvalue weighted by atomic mass is 10.1. The first-order chi connectivity index (χ1) is 15.4. The summed E-state index contributed by atoms with van der Waals surface area (Å²) in [5.41, 5.74) is 1.90. The second kappa shape index (κ2) is 10.2. The highest BCUT2D eigenvalue weighted by Gasteiger charge is 2.28. The van der Waals surface area contributed by atoms with Crippen LogP contribution in [0.3, 0.4) is 0 Å². The number of anilines is 2. The number of ether oxygens (including phenoxy) is 2. The van der Waals surface area contributed by atoms with Gasteiger partial charge in [0.1, 0.15) is 6.54 Å². The first kappa shape index (κ1) is 23.1. The molecular formula is C24H26N2O5S. The molecule has 3 aromatic carbocycles. The number of benzene rings is 3. The van der Waals surface area contributed by atoms with Crippen LogP contribution in [-0.2, 0) is 21.2 Å². The van der Waals surface area contributed by atoms with Gasteiger partial charge < -0.3 is 14.8 Å². The lowest BCUT2D eigenvalue weighted by Crippen LogP contribution is -2.38. The molecule has 0 unspecified atom stereocenters. The third-order valence-corrected chi connectivity index (χ3v) is 6.73. The van der Waals surface area contributed by atoms with E-state index < -0.39 is 22.5 Å². The van der Waals surface area contributed by atoms with Crippen molar-refractivity contribution in [3.05, 3.63) is 78.4 Å². The number of hydrogen-bond donors (Lipinski definition) is 1. The van der Waals surface area contributed by atoms with Gasteiger partial charge in [0, 0.05) is 11.8 Å². The molecule has 3 aromatic rings. The number of nitrogens with zero attached hydrogens (tertiary/aromatic N) is 1. The topological polar surface area (TPSA) is 84.9 Å². The zero-order valence-electron chi connectivity index (χ0n) is 18.2. The van der Waals surface area contributed by atoms with E-state index in [-0.39, 0.29) is 10.6 Å². The fourth-order valence-electron chi connectivity index (χ4n) is 3.29. The molecule has 0 radical (unpaired) electrons. The van der Waals surface area contributed by atoms with Gasteiger partial charge in [0.15, 0.2) is 11.5 Å². The average Bonchev–Trinajstić information content (AvgIpc) is 2.83. The average molecular weight is 455 g/mol. The van der Waals surface area contributed by atoms with Crippen LogP contribution in [0.4, 0.5) is 11.4 Å². The summed E-state index contributed by atoms with van der Waals surface area (Å²) >= 11 is 0. The minimum atomic E-state index is -4.03. The number of carbonyl (C=O) groups is 1. The lowest BCUT2D eigenvalue weighted by molar-refractivity contribution is -0.114. The van der Waals surface area contributed by atoms with Gasteiger partial charge in [-0.25, -0.2) is 8.42 Å². The zero-order valence-corrected chi connectivity index (χ0v) is 19.1. The van der Waals surface area contributed by atoms with E-state index in [2.05, 4.69) is 5.32 Å². The Morgan fingerprint density at radius 3 is 2.22 bits per heavy atom. The zero-order chi connectivity index (χ0) is 23.1. The van der Waals surface area contributed by atoms with Gasteiger partial charge in [-0.15, -0.1) is 0 Å². The molecule has 32 heavy (non-hydrogen) atoms. The quantitative estimate of drug-likeness (QED) is 0.526. The minimum Gasteiger partial charge on any atom is -0.493 e. The van der Waals surface area contributed by atoms with Gasteiger partial charge in [0.25, 0.3) is 10.0 Å². The minimum absolute atomic E-state index is 0.0801. The number of aryl methyl sites for hydroxylation is 1. The van der Waals surface area contributed by atoms with Gasteiger partial charge in [-0.1, -0.05) is 43.3 Å². The van der Waals surface area contributed by atoms with Gasteiger partial charge in [-0.05, 0) is 42.3 Å². The van der Waals surface area contributed by atoms with E-state index in [1.165, 1.54) is 32.4 Å². The van der Waals surface area contributed by atoms with Gasteiger partial charge in [0.05, 0.1) is 24.8 Å². The monoisotopic (exact) mass is 454 g/mol. The first-order valence-electron chi connectivity index (χ1n) is 10.1. The molecule has 0 heterocycles. The van der Waals surface area contributed by atoms with Crippen molar-refractivity contribution in [2.24, 2.45) is 0 Å². The molecule has 7 nitrogen and oxygen atoms in total. The van der Waals surface area contributed by atoms with Crippen molar-refractivity contribution in [3.63, 3.8) is 0 Å². The number of nitrogens with one attached hydrogen (secondary N) is 1. The van der Waals surface area contributed by atoms with Crippen molar-refractivity contribution < 1.29 is 22.7 Å². The van der Waals surface area contributed by atoms with E-state index in [1.807, 2.05) is 25.1 Å². The van der Waals surface area contributed by atoms with Crippen molar-refractivity contribution in [3.8, 4) is 11.5 Å². The second-order valence-corrected chi connectivity index (χ2v) is 8.79. The van der Waals surface area contributed by atoms with E-state index in [9.17, 15) is 13.2 Å². The van der Waals surface area contributed by atoms with Crippen LogP contribution in [0.15, 0.2) is 77.7 Å². The Bertz CT molecular complexity index is 1180. The molecule has 1 N–H and O–H groups in total. The molecule has 3 rings (SSSR count). The summed E-state index contributed by atoms with van der Waals surface area (Å²) in [5, 5.41) is 2.84. The maximum atomic E-state index is 13.5. The Labute approximate surface area is 188 Å². The van der Waals surface area contributed by atoms with Crippen LogP contribution in [0.1, 0.15) is 12.5 Å². The highest BCUT2D eigenvalue weighted by Crippen LogP contribution is 2.33. The van der Waals surface area contributed by atoms with Crippen LogP contribution in [-0.4, -0.2) is 35.1 Å². The number of para-hydroxylation sites is 1. The van der Waals surface area contributed by atoms with E-state index in [0.717, 1.165) is 16.3 Å². The maximum absolute atomic E-state index is 13.5. The standard InChI is InChI=1S/C24H26N2O5S/c1-4-18-10-8-9-13-21(18)25-24(27)17-26(32(28,29)20-11-6-5-7-12-20)19-14-15-22(30-2)23(16-19)31-3/h5-16H,4,17H2,1-3H3,(H,25,27). The molecule has 0 aromatic heterocycles. The number of methoxy groups -OCH3 is 2. The molecule has 8 heteroatoms. The highest BCUT2D eigenvalue weighted by molar-refractivity contribution is 7.92. The fourth-order valence-corrected chi connectivity index (χ4v) is 4.72. The Morgan fingerprint density at radius 2 is 1.56 bits per heavy atom. The molecule has 168 valence electrons. The van der Waals surface area contributed by atoms with Crippen molar-refractivity contribution in [2.45, 2.75) is 18.2 Å². The van der Waals surface area contributed by atoms with E-state index in [4.69, 9.17) is 9.47 Å². The Morgan fingerprint density at radius 1 is 0.906 bits per heavy atom.